The van der Waals surface area contributed by atoms with E-state index in [1.807, 2.05) is 28.5 Å². The van der Waals surface area contributed by atoms with E-state index in [2.05, 4.69) is 5.32 Å². The van der Waals surface area contributed by atoms with Gasteiger partial charge in [-0.3, -0.25) is 9.59 Å². The Hall–Kier alpha value is -1.62. The van der Waals surface area contributed by atoms with Gasteiger partial charge in [-0.15, -0.1) is 11.3 Å². The first kappa shape index (κ1) is 13.8. The van der Waals surface area contributed by atoms with Crippen LogP contribution in [0.2, 0.25) is 0 Å². The SMILES string of the molecule is O=C(/C=C/c1cccs1)NCCCN1CCCC1=O. The molecule has 0 spiro atoms. The van der Waals surface area contributed by atoms with Crippen molar-refractivity contribution in [2.45, 2.75) is 19.3 Å². The molecule has 0 aromatic carbocycles. The molecule has 2 amide bonds. The van der Waals surface area contributed by atoms with Gasteiger partial charge in [0.25, 0.3) is 0 Å². The molecule has 1 aromatic heterocycles. The van der Waals surface area contributed by atoms with Gasteiger partial charge in [0.15, 0.2) is 0 Å². The molecule has 19 heavy (non-hydrogen) atoms. The highest BCUT2D eigenvalue weighted by atomic mass is 32.1. The molecular formula is C14H18N2O2S. The molecule has 1 saturated heterocycles. The summed E-state index contributed by atoms with van der Waals surface area (Å²) in [5, 5.41) is 4.80. The van der Waals surface area contributed by atoms with E-state index in [0.717, 1.165) is 30.8 Å². The van der Waals surface area contributed by atoms with Crippen molar-refractivity contribution in [2.75, 3.05) is 19.6 Å². The Bertz CT molecular complexity index is 454. The third kappa shape index (κ3) is 4.52. The van der Waals surface area contributed by atoms with E-state index in [9.17, 15) is 9.59 Å². The van der Waals surface area contributed by atoms with Crippen molar-refractivity contribution in [1.82, 2.24) is 10.2 Å². The zero-order chi connectivity index (χ0) is 13.5. The minimum absolute atomic E-state index is 0.0823. The summed E-state index contributed by atoms with van der Waals surface area (Å²) in [5.74, 6) is 0.157. The van der Waals surface area contributed by atoms with Gasteiger partial charge in [0.05, 0.1) is 0 Å². The molecule has 0 unspecified atom stereocenters. The van der Waals surface area contributed by atoms with Crippen LogP contribution in [0, 0.1) is 0 Å². The fourth-order valence-electron chi connectivity index (χ4n) is 2.02. The summed E-state index contributed by atoms with van der Waals surface area (Å²) in [6.45, 7) is 2.22. The standard InChI is InChI=1S/C14H18N2O2S/c17-13(7-6-12-4-2-11-19-12)15-8-3-10-16-9-1-5-14(16)18/h2,4,6-7,11H,1,3,5,8-10H2,(H,15,17)/b7-6+. The second kappa shape index (κ2) is 7.09. The second-order valence-corrected chi connectivity index (χ2v) is 5.46. The van der Waals surface area contributed by atoms with E-state index in [1.165, 1.54) is 0 Å². The lowest BCUT2D eigenvalue weighted by Crippen LogP contribution is -2.29. The third-order valence-electron chi connectivity index (χ3n) is 3.02. The lowest BCUT2D eigenvalue weighted by molar-refractivity contribution is -0.127. The Kier molecular flexibility index (Phi) is 5.15. The highest BCUT2D eigenvalue weighted by molar-refractivity contribution is 7.10. The average molecular weight is 278 g/mol. The van der Waals surface area contributed by atoms with Crippen molar-refractivity contribution in [1.29, 1.82) is 0 Å². The van der Waals surface area contributed by atoms with Crippen LogP contribution in [-0.2, 0) is 9.59 Å². The molecule has 1 N–H and O–H groups in total. The fourth-order valence-corrected chi connectivity index (χ4v) is 2.64. The number of thiophene rings is 1. The van der Waals surface area contributed by atoms with Gasteiger partial charge in [-0.05, 0) is 30.4 Å². The Morgan fingerprint density at radius 3 is 3.11 bits per heavy atom. The number of hydrogen-bond donors (Lipinski definition) is 1. The van der Waals surface area contributed by atoms with Crippen LogP contribution in [0.3, 0.4) is 0 Å². The zero-order valence-electron chi connectivity index (χ0n) is 10.8. The Labute approximate surface area is 117 Å². The maximum atomic E-state index is 11.5. The average Bonchev–Trinajstić information content (AvgIpc) is 3.04. The quantitative estimate of drug-likeness (QED) is 0.638. The summed E-state index contributed by atoms with van der Waals surface area (Å²) < 4.78 is 0. The maximum Gasteiger partial charge on any atom is 0.244 e. The van der Waals surface area contributed by atoms with Crippen LogP contribution in [0.1, 0.15) is 24.1 Å². The van der Waals surface area contributed by atoms with E-state index < -0.39 is 0 Å². The first-order chi connectivity index (χ1) is 9.25. The van der Waals surface area contributed by atoms with Crippen LogP contribution in [0.5, 0.6) is 0 Å². The van der Waals surface area contributed by atoms with E-state index in [1.54, 1.807) is 17.4 Å². The van der Waals surface area contributed by atoms with Crippen molar-refractivity contribution in [3.63, 3.8) is 0 Å². The molecule has 4 nitrogen and oxygen atoms in total. The smallest absolute Gasteiger partial charge is 0.244 e. The van der Waals surface area contributed by atoms with E-state index >= 15 is 0 Å². The Balaban J connectivity index is 1.60. The van der Waals surface area contributed by atoms with Gasteiger partial charge in [0.2, 0.25) is 11.8 Å². The van der Waals surface area contributed by atoms with E-state index in [0.29, 0.717) is 13.0 Å². The van der Waals surface area contributed by atoms with Crippen LogP contribution in [0.25, 0.3) is 6.08 Å². The number of hydrogen-bond acceptors (Lipinski definition) is 3. The number of nitrogens with zero attached hydrogens (tertiary/aromatic N) is 1. The highest BCUT2D eigenvalue weighted by Crippen LogP contribution is 2.10. The van der Waals surface area contributed by atoms with Crippen molar-refractivity contribution in [3.8, 4) is 0 Å². The monoisotopic (exact) mass is 278 g/mol. The molecule has 102 valence electrons. The number of amides is 2. The molecular weight excluding hydrogens is 260 g/mol. The predicted octanol–water partition coefficient (Wildman–Crippen LogP) is 1.89. The fraction of sp³-hybridized carbons (Fsp3) is 0.429. The molecule has 0 radical (unpaired) electrons. The minimum Gasteiger partial charge on any atom is -0.352 e. The van der Waals surface area contributed by atoms with Gasteiger partial charge < -0.3 is 10.2 Å². The molecule has 1 aliphatic rings. The Morgan fingerprint density at radius 2 is 2.42 bits per heavy atom. The van der Waals surface area contributed by atoms with Crippen LogP contribution in [0.4, 0.5) is 0 Å². The summed E-state index contributed by atoms with van der Waals surface area (Å²) in [6.07, 6.45) is 5.81. The molecule has 2 heterocycles. The first-order valence-electron chi connectivity index (χ1n) is 6.53. The number of likely N-dealkylation sites (tertiary alicyclic amines) is 1. The lowest BCUT2D eigenvalue weighted by atomic mass is 10.3. The van der Waals surface area contributed by atoms with Crippen molar-refractivity contribution in [3.05, 3.63) is 28.5 Å². The topological polar surface area (TPSA) is 49.4 Å². The maximum absolute atomic E-state index is 11.5. The van der Waals surface area contributed by atoms with E-state index in [-0.39, 0.29) is 11.8 Å². The second-order valence-electron chi connectivity index (χ2n) is 4.48. The summed E-state index contributed by atoms with van der Waals surface area (Å²) in [4.78, 5) is 25.8. The highest BCUT2D eigenvalue weighted by Gasteiger charge is 2.18. The first-order valence-corrected chi connectivity index (χ1v) is 7.41. The lowest BCUT2D eigenvalue weighted by Gasteiger charge is -2.14. The molecule has 1 aromatic rings. The third-order valence-corrected chi connectivity index (χ3v) is 3.86. The summed E-state index contributed by atoms with van der Waals surface area (Å²) >= 11 is 1.60. The molecule has 2 rings (SSSR count). The summed E-state index contributed by atoms with van der Waals surface area (Å²) in [7, 11) is 0. The normalized spacial score (nSPS) is 15.4. The Morgan fingerprint density at radius 1 is 1.53 bits per heavy atom. The molecule has 0 saturated carbocycles. The molecule has 1 fully saturated rings. The largest absolute Gasteiger partial charge is 0.352 e. The van der Waals surface area contributed by atoms with Gasteiger partial charge in [-0.2, -0.15) is 0 Å². The zero-order valence-corrected chi connectivity index (χ0v) is 11.6. The predicted molar refractivity (Wildman–Crippen MR) is 76.8 cm³/mol. The van der Waals surface area contributed by atoms with Gasteiger partial charge in [-0.1, -0.05) is 6.07 Å². The van der Waals surface area contributed by atoms with Crippen molar-refractivity contribution < 1.29 is 9.59 Å². The molecule has 5 heteroatoms. The van der Waals surface area contributed by atoms with Gasteiger partial charge in [0.1, 0.15) is 0 Å². The van der Waals surface area contributed by atoms with Crippen LogP contribution >= 0.6 is 11.3 Å². The van der Waals surface area contributed by atoms with Gasteiger partial charge >= 0.3 is 0 Å². The molecule has 0 aliphatic carbocycles. The van der Waals surface area contributed by atoms with E-state index in [4.69, 9.17) is 0 Å². The molecule has 0 atom stereocenters. The van der Waals surface area contributed by atoms with Gasteiger partial charge in [0, 0.05) is 37.0 Å². The summed E-state index contributed by atoms with van der Waals surface area (Å²) in [6, 6.07) is 3.92. The number of carbonyl (C=O) groups excluding carboxylic acids is 2. The summed E-state index contributed by atoms with van der Waals surface area (Å²) in [5.41, 5.74) is 0. The number of nitrogens with one attached hydrogen (secondary N) is 1. The van der Waals surface area contributed by atoms with Crippen LogP contribution in [-0.4, -0.2) is 36.3 Å². The van der Waals surface area contributed by atoms with Crippen LogP contribution < -0.4 is 5.32 Å². The number of carbonyl (C=O) groups is 2. The number of rotatable bonds is 6. The minimum atomic E-state index is -0.0823. The van der Waals surface area contributed by atoms with Crippen LogP contribution in [0.15, 0.2) is 23.6 Å². The molecule has 1 aliphatic heterocycles. The van der Waals surface area contributed by atoms with Crippen molar-refractivity contribution >= 4 is 29.2 Å². The van der Waals surface area contributed by atoms with Crippen molar-refractivity contribution in [2.24, 2.45) is 0 Å². The van der Waals surface area contributed by atoms with Gasteiger partial charge in [-0.25, -0.2) is 0 Å². The molecule has 0 bridgehead atoms.